The van der Waals surface area contributed by atoms with Crippen molar-refractivity contribution in [2.24, 2.45) is 0 Å². The molecule has 25 heavy (non-hydrogen) atoms. The molecule has 0 atom stereocenters. The normalized spacial score (nSPS) is 11.0. The van der Waals surface area contributed by atoms with E-state index in [0.717, 1.165) is 33.5 Å². The summed E-state index contributed by atoms with van der Waals surface area (Å²) in [6, 6.07) is 6.32. The Balaban J connectivity index is 1.62. The molecule has 1 aromatic carbocycles. The monoisotopic (exact) mass is 351 g/mol. The van der Waals surface area contributed by atoms with E-state index in [1.165, 1.54) is 23.5 Å². The van der Waals surface area contributed by atoms with Crippen LogP contribution >= 0.6 is 11.3 Å². The third-order valence-electron chi connectivity index (χ3n) is 3.72. The van der Waals surface area contributed by atoms with Crippen LogP contribution in [0.15, 0.2) is 54.4 Å². The molecule has 0 saturated heterocycles. The molecule has 4 aromatic rings. The van der Waals surface area contributed by atoms with E-state index < -0.39 is 0 Å². The molecule has 0 amide bonds. The zero-order chi connectivity index (χ0) is 17.2. The minimum Gasteiger partial charge on any atom is -0.323 e. The van der Waals surface area contributed by atoms with Gasteiger partial charge in [-0.1, -0.05) is 0 Å². The van der Waals surface area contributed by atoms with Crippen LogP contribution in [0.3, 0.4) is 0 Å². The molecule has 0 aliphatic rings. The average molecular weight is 351 g/mol. The number of benzene rings is 1. The van der Waals surface area contributed by atoms with Crippen molar-refractivity contribution in [1.29, 1.82) is 0 Å². The summed E-state index contributed by atoms with van der Waals surface area (Å²) in [6.07, 6.45) is 7.17. The Hall–Kier alpha value is -2.93. The highest BCUT2D eigenvalue weighted by Gasteiger charge is 2.12. The first-order valence-corrected chi connectivity index (χ1v) is 8.57. The van der Waals surface area contributed by atoms with Gasteiger partial charge in [0.15, 0.2) is 10.8 Å². The Morgan fingerprint density at radius 2 is 1.92 bits per heavy atom. The molecule has 0 unspecified atom stereocenters. The molecule has 0 N–H and O–H groups in total. The van der Waals surface area contributed by atoms with Gasteiger partial charge in [0.1, 0.15) is 5.82 Å². The SMILES string of the molecule is Cc1cnc(Cn2ccnc2-c2nc(-c3ccc(F)cc3)cs2)cn1. The van der Waals surface area contributed by atoms with E-state index in [0.29, 0.717) is 6.54 Å². The fraction of sp³-hybridized carbons (Fsp3) is 0.111. The molecule has 4 rings (SSSR count). The second kappa shape index (κ2) is 6.52. The molecule has 0 aliphatic heterocycles. The third-order valence-corrected chi connectivity index (χ3v) is 4.56. The number of aromatic nitrogens is 5. The first-order valence-electron chi connectivity index (χ1n) is 7.69. The van der Waals surface area contributed by atoms with E-state index in [-0.39, 0.29) is 5.82 Å². The Labute approximate surface area is 147 Å². The van der Waals surface area contributed by atoms with E-state index >= 15 is 0 Å². The average Bonchev–Trinajstić information content (AvgIpc) is 3.27. The van der Waals surface area contributed by atoms with Crippen LogP contribution in [-0.4, -0.2) is 24.5 Å². The highest BCUT2D eigenvalue weighted by atomic mass is 32.1. The van der Waals surface area contributed by atoms with Gasteiger partial charge < -0.3 is 4.57 Å². The number of hydrogen-bond donors (Lipinski definition) is 0. The van der Waals surface area contributed by atoms with Gasteiger partial charge in [-0.2, -0.15) is 0 Å². The van der Waals surface area contributed by atoms with Gasteiger partial charge in [0.05, 0.1) is 29.8 Å². The molecule has 124 valence electrons. The van der Waals surface area contributed by atoms with Crippen LogP contribution in [0.4, 0.5) is 4.39 Å². The standard InChI is InChI=1S/C18H14FN5S/c1-12-8-22-15(9-21-12)10-24-7-6-20-17(24)18-23-16(11-25-18)13-2-4-14(19)5-3-13/h2-9,11H,10H2,1H3. The highest BCUT2D eigenvalue weighted by Crippen LogP contribution is 2.28. The molecular formula is C18H14FN5S. The lowest BCUT2D eigenvalue weighted by molar-refractivity contribution is 0.628. The molecule has 0 fully saturated rings. The second-order valence-electron chi connectivity index (χ2n) is 5.57. The number of nitrogens with zero attached hydrogens (tertiary/aromatic N) is 5. The van der Waals surface area contributed by atoms with Crippen molar-refractivity contribution in [1.82, 2.24) is 24.5 Å². The van der Waals surface area contributed by atoms with E-state index in [1.54, 1.807) is 30.7 Å². The Morgan fingerprint density at radius 3 is 2.68 bits per heavy atom. The summed E-state index contributed by atoms with van der Waals surface area (Å²) in [5, 5.41) is 2.76. The summed E-state index contributed by atoms with van der Waals surface area (Å²) in [6.45, 7) is 2.49. The second-order valence-corrected chi connectivity index (χ2v) is 6.43. The van der Waals surface area contributed by atoms with E-state index in [1.807, 2.05) is 23.1 Å². The summed E-state index contributed by atoms with van der Waals surface area (Å²) in [5.74, 6) is 0.523. The maximum absolute atomic E-state index is 13.1. The molecule has 7 heteroatoms. The minimum absolute atomic E-state index is 0.256. The van der Waals surface area contributed by atoms with Crippen molar-refractivity contribution in [3.63, 3.8) is 0 Å². The Bertz CT molecular complexity index is 989. The highest BCUT2D eigenvalue weighted by molar-refractivity contribution is 7.13. The van der Waals surface area contributed by atoms with Crippen LogP contribution in [0.1, 0.15) is 11.4 Å². The Kier molecular flexibility index (Phi) is 4.07. The van der Waals surface area contributed by atoms with E-state index in [9.17, 15) is 4.39 Å². The van der Waals surface area contributed by atoms with Crippen molar-refractivity contribution >= 4 is 11.3 Å². The summed E-state index contributed by atoms with van der Waals surface area (Å²) >= 11 is 1.51. The zero-order valence-corrected chi connectivity index (χ0v) is 14.2. The van der Waals surface area contributed by atoms with Gasteiger partial charge in [0, 0.05) is 29.5 Å². The summed E-state index contributed by atoms with van der Waals surface area (Å²) < 4.78 is 15.1. The molecule has 3 aromatic heterocycles. The smallest absolute Gasteiger partial charge is 0.169 e. The fourth-order valence-electron chi connectivity index (χ4n) is 2.44. The van der Waals surface area contributed by atoms with Crippen LogP contribution in [0.25, 0.3) is 22.1 Å². The van der Waals surface area contributed by atoms with Crippen molar-refractivity contribution < 1.29 is 4.39 Å². The van der Waals surface area contributed by atoms with Gasteiger partial charge in [-0.15, -0.1) is 11.3 Å². The molecule has 5 nitrogen and oxygen atoms in total. The van der Waals surface area contributed by atoms with Crippen molar-refractivity contribution in [3.8, 4) is 22.1 Å². The number of hydrogen-bond acceptors (Lipinski definition) is 5. The largest absolute Gasteiger partial charge is 0.323 e. The molecule has 0 saturated carbocycles. The fourth-order valence-corrected chi connectivity index (χ4v) is 3.28. The first kappa shape index (κ1) is 15.6. The summed E-state index contributed by atoms with van der Waals surface area (Å²) in [4.78, 5) is 17.7. The Morgan fingerprint density at radius 1 is 1.08 bits per heavy atom. The zero-order valence-electron chi connectivity index (χ0n) is 13.4. The lowest BCUT2D eigenvalue weighted by Crippen LogP contribution is -2.03. The van der Waals surface area contributed by atoms with Gasteiger partial charge in [0.2, 0.25) is 0 Å². The van der Waals surface area contributed by atoms with Crippen LogP contribution in [0.2, 0.25) is 0 Å². The number of thiazole rings is 1. The van der Waals surface area contributed by atoms with Gasteiger partial charge in [-0.05, 0) is 31.2 Å². The van der Waals surface area contributed by atoms with Crippen molar-refractivity contribution in [2.75, 3.05) is 0 Å². The molecule has 3 heterocycles. The molecular weight excluding hydrogens is 337 g/mol. The number of rotatable bonds is 4. The predicted molar refractivity (Wildman–Crippen MR) is 94.6 cm³/mol. The quantitative estimate of drug-likeness (QED) is 0.558. The van der Waals surface area contributed by atoms with Crippen molar-refractivity contribution in [3.05, 3.63) is 71.6 Å². The van der Waals surface area contributed by atoms with Gasteiger partial charge in [0.25, 0.3) is 0 Å². The number of halogens is 1. The lowest BCUT2D eigenvalue weighted by atomic mass is 10.2. The molecule has 0 aliphatic carbocycles. The molecule has 0 bridgehead atoms. The van der Waals surface area contributed by atoms with Crippen LogP contribution < -0.4 is 0 Å². The van der Waals surface area contributed by atoms with Gasteiger partial charge in [-0.25, -0.2) is 14.4 Å². The van der Waals surface area contributed by atoms with E-state index in [2.05, 4.69) is 19.9 Å². The number of imidazole rings is 1. The maximum atomic E-state index is 13.1. The number of aryl methyl sites for hydroxylation is 1. The summed E-state index contributed by atoms with van der Waals surface area (Å²) in [5.41, 5.74) is 3.44. The maximum Gasteiger partial charge on any atom is 0.169 e. The lowest BCUT2D eigenvalue weighted by Gasteiger charge is -2.05. The predicted octanol–water partition coefficient (Wildman–Crippen LogP) is 3.96. The van der Waals surface area contributed by atoms with Gasteiger partial charge >= 0.3 is 0 Å². The van der Waals surface area contributed by atoms with Crippen LogP contribution in [-0.2, 0) is 6.54 Å². The summed E-state index contributed by atoms with van der Waals surface area (Å²) in [7, 11) is 0. The third kappa shape index (κ3) is 3.32. The molecule has 0 radical (unpaired) electrons. The van der Waals surface area contributed by atoms with Gasteiger partial charge in [-0.3, -0.25) is 9.97 Å². The van der Waals surface area contributed by atoms with Crippen LogP contribution in [0.5, 0.6) is 0 Å². The minimum atomic E-state index is -0.256. The first-order chi connectivity index (χ1) is 12.2. The van der Waals surface area contributed by atoms with Crippen molar-refractivity contribution in [2.45, 2.75) is 13.5 Å². The van der Waals surface area contributed by atoms with Crippen LogP contribution in [0, 0.1) is 12.7 Å². The molecule has 0 spiro atoms. The van der Waals surface area contributed by atoms with E-state index in [4.69, 9.17) is 0 Å². The topological polar surface area (TPSA) is 56.5 Å².